The quantitative estimate of drug-likeness (QED) is 0.890. The van der Waals surface area contributed by atoms with Gasteiger partial charge in [0, 0.05) is 39.3 Å². The van der Waals surface area contributed by atoms with Gasteiger partial charge in [0.2, 0.25) is 5.91 Å². The summed E-state index contributed by atoms with van der Waals surface area (Å²) >= 11 is 0. The number of carbonyl (C=O) groups is 1. The van der Waals surface area contributed by atoms with Crippen molar-refractivity contribution >= 4 is 11.7 Å². The second-order valence-electron chi connectivity index (χ2n) is 4.87. The van der Waals surface area contributed by atoms with E-state index in [1.165, 1.54) is 0 Å². The van der Waals surface area contributed by atoms with Gasteiger partial charge in [-0.05, 0) is 18.1 Å². The van der Waals surface area contributed by atoms with Crippen LogP contribution in [0.15, 0.2) is 18.3 Å². The molecule has 1 aromatic heterocycles. The fourth-order valence-electron chi connectivity index (χ4n) is 2.27. The lowest BCUT2D eigenvalue weighted by atomic mass is 10.1. The van der Waals surface area contributed by atoms with Crippen molar-refractivity contribution in [2.45, 2.75) is 26.4 Å². The molecule has 1 aliphatic rings. The molecule has 0 unspecified atom stereocenters. The predicted molar refractivity (Wildman–Crippen MR) is 74.0 cm³/mol. The van der Waals surface area contributed by atoms with Gasteiger partial charge in [0.05, 0.1) is 6.10 Å². The average Bonchev–Trinajstić information content (AvgIpc) is 2.46. The zero-order valence-electron chi connectivity index (χ0n) is 11.5. The Bertz CT molecular complexity index is 425. The van der Waals surface area contributed by atoms with E-state index in [0.29, 0.717) is 6.42 Å². The van der Waals surface area contributed by atoms with E-state index >= 15 is 0 Å². The average molecular weight is 263 g/mol. The number of carbonyl (C=O) groups excluding carboxylic acids is 1. The molecule has 0 spiro atoms. The zero-order valence-corrected chi connectivity index (χ0v) is 11.5. The van der Waals surface area contributed by atoms with E-state index in [1.807, 2.05) is 24.0 Å². The Morgan fingerprint density at radius 1 is 1.37 bits per heavy atom. The topological polar surface area (TPSA) is 56.7 Å². The van der Waals surface area contributed by atoms with Crippen LogP contribution in [0.2, 0.25) is 0 Å². The molecule has 104 valence electrons. The Kier molecular flexibility index (Phi) is 4.37. The van der Waals surface area contributed by atoms with Gasteiger partial charge in [0.25, 0.3) is 0 Å². The highest BCUT2D eigenvalue weighted by Gasteiger charge is 2.19. The van der Waals surface area contributed by atoms with Gasteiger partial charge in [-0.2, -0.15) is 0 Å². The first kappa shape index (κ1) is 13.8. The Hall–Kier alpha value is -1.62. The summed E-state index contributed by atoms with van der Waals surface area (Å²) in [4.78, 5) is 19.7. The molecule has 0 aromatic carbocycles. The van der Waals surface area contributed by atoms with Crippen molar-refractivity contribution in [3.63, 3.8) is 0 Å². The van der Waals surface area contributed by atoms with Crippen molar-refractivity contribution in [2.75, 3.05) is 31.1 Å². The molecule has 1 amide bonds. The van der Waals surface area contributed by atoms with Crippen LogP contribution in [0.1, 0.15) is 31.9 Å². The standard InChI is InChI=1S/C14H21N3O2/c1-3-13(19)12-4-5-14(15-10-12)17-8-6-16(7-9-17)11(2)18/h4-5,10,13,19H,3,6-9H2,1-2H3/t13-/m0/s1. The minimum Gasteiger partial charge on any atom is -0.388 e. The molecule has 1 atom stereocenters. The van der Waals surface area contributed by atoms with Crippen LogP contribution in [-0.2, 0) is 4.79 Å². The lowest BCUT2D eigenvalue weighted by Gasteiger charge is -2.35. The first-order chi connectivity index (χ1) is 9.11. The second kappa shape index (κ2) is 6.02. The van der Waals surface area contributed by atoms with Crippen LogP contribution in [0.4, 0.5) is 5.82 Å². The summed E-state index contributed by atoms with van der Waals surface area (Å²) in [6, 6.07) is 3.87. The summed E-state index contributed by atoms with van der Waals surface area (Å²) < 4.78 is 0. The molecule has 0 aliphatic carbocycles. The van der Waals surface area contributed by atoms with Crippen LogP contribution in [0.5, 0.6) is 0 Å². The number of aliphatic hydroxyl groups excluding tert-OH is 1. The molecule has 19 heavy (non-hydrogen) atoms. The van der Waals surface area contributed by atoms with E-state index in [9.17, 15) is 9.90 Å². The van der Waals surface area contributed by atoms with E-state index in [1.54, 1.807) is 13.1 Å². The van der Waals surface area contributed by atoms with Crippen molar-refractivity contribution < 1.29 is 9.90 Å². The van der Waals surface area contributed by atoms with E-state index in [-0.39, 0.29) is 5.91 Å². The normalized spacial score (nSPS) is 17.4. The predicted octanol–water partition coefficient (Wildman–Crippen LogP) is 1.19. The van der Waals surface area contributed by atoms with Crippen LogP contribution in [-0.4, -0.2) is 47.1 Å². The molecule has 2 rings (SSSR count). The summed E-state index contributed by atoms with van der Waals surface area (Å²) in [6.07, 6.45) is 2.00. The van der Waals surface area contributed by atoms with Crippen molar-refractivity contribution in [1.29, 1.82) is 0 Å². The number of aromatic nitrogens is 1. The van der Waals surface area contributed by atoms with Crippen LogP contribution in [0.3, 0.4) is 0 Å². The van der Waals surface area contributed by atoms with E-state index < -0.39 is 6.10 Å². The molecule has 5 nitrogen and oxygen atoms in total. The van der Waals surface area contributed by atoms with Crippen molar-refractivity contribution in [2.24, 2.45) is 0 Å². The number of hydrogen-bond acceptors (Lipinski definition) is 4. The first-order valence-corrected chi connectivity index (χ1v) is 6.76. The molecule has 0 radical (unpaired) electrons. The molecular weight excluding hydrogens is 242 g/mol. The molecule has 1 aromatic rings. The Balaban J connectivity index is 1.98. The molecule has 0 bridgehead atoms. The third-order valence-electron chi connectivity index (χ3n) is 3.59. The van der Waals surface area contributed by atoms with Gasteiger partial charge in [0.15, 0.2) is 0 Å². The Morgan fingerprint density at radius 2 is 2.05 bits per heavy atom. The van der Waals surface area contributed by atoms with Gasteiger partial charge in [-0.1, -0.05) is 13.0 Å². The first-order valence-electron chi connectivity index (χ1n) is 6.76. The zero-order chi connectivity index (χ0) is 13.8. The Morgan fingerprint density at radius 3 is 2.53 bits per heavy atom. The number of amides is 1. The van der Waals surface area contributed by atoms with E-state index in [0.717, 1.165) is 37.6 Å². The van der Waals surface area contributed by atoms with Crippen LogP contribution >= 0.6 is 0 Å². The number of hydrogen-bond donors (Lipinski definition) is 1. The SMILES string of the molecule is CC[C@H](O)c1ccc(N2CCN(C(C)=O)CC2)nc1. The summed E-state index contributed by atoms with van der Waals surface area (Å²) in [5.41, 5.74) is 0.855. The second-order valence-corrected chi connectivity index (χ2v) is 4.87. The smallest absolute Gasteiger partial charge is 0.219 e. The third-order valence-corrected chi connectivity index (χ3v) is 3.59. The van der Waals surface area contributed by atoms with Gasteiger partial charge in [-0.3, -0.25) is 4.79 Å². The van der Waals surface area contributed by atoms with Crippen molar-refractivity contribution in [1.82, 2.24) is 9.88 Å². The highest BCUT2D eigenvalue weighted by molar-refractivity contribution is 5.73. The monoisotopic (exact) mass is 263 g/mol. The molecule has 1 saturated heterocycles. The lowest BCUT2D eigenvalue weighted by molar-refractivity contribution is -0.129. The molecule has 5 heteroatoms. The minimum absolute atomic E-state index is 0.133. The Labute approximate surface area is 113 Å². The number of anilines is 1. The number of rotatable bonds is 3. The molecule has 1 aliphatic heterocycles. The van der Waals surface area contributed by atoms with Crippen LogP contribution in [0, 0.1) is 0 Å². The summed E-state index contributed by atoms with van der Waals surface area (Å²) in [6.45, 7) is 6.66. The number of nitrogens with zero attached hydrogens (tertiary/aromatic N) is 3. The van der Waals surface area contributed by atoms with Crippen molar-refractivity contribution in [3.8, 4) is 0 Å². The molecule has 2 heterocycles. The van der Waals surface area contributed by atoms with Gasteiger partial charge < -0.3 is 14.9 Å². The molecular formula is C14H21N3O2. The van der Waals surface area contributed by atoms with Gasteiger partial charge in [-0.15, -0.1) is 0 Å². The molecule has 1 fully saturated rings. The number of pyridine rings is 1. The van der Waals surface area contributed by atoms with E-state index in [4.69, 9.17) is 0 Å². The summed E-state index contributed by atoms with van der Waals surface area (Å²) in [7, 11) is 0. The lowest BCUT2D eigenvalue weighted by Crippen LogP contribution is -2.48. The number of aliphatic hydroxyl groups is 1. The maximum Gasteiger partial charge on any atom is 0.219 e. The van der Waals surface area contributed by atoms with Crippen molar-refractivity contribution in [3.05, 3.63) is 23.9 Å². The highest BCUT2D eigenvalue weighted by atomic mass is 16.3. The fraction of sp³-hybridized carbons (Fsp3) is 0.571. The third kappa shape index (κ3) is 3.23. The molecule has 1 N–H and O–H groups in total. The van der Waals surface area contributed by atoms with E-state index in [2.05, 4.69) is 9.88 Å². The molecule has 0 saturated carbocycles. The highest BCUT2D eigenvalue weighted by Crippen LogP contribution is 2.19. The summed E-state index contributed by atoms with van der Waals surface area (Å²) in [5.74, 6) is 1.05. The largest absolute Gasteiger partial charge is 0.388 e. The number of piperazine rings is 1. The fourth-order valence-corrected chi connectivity index (χ4v) is 2.27. The van der Waals surface area contributed by atoms with Gasteiger partial charge >= 0.3 is 0 Å². The van der Waals surface area contributed by atoms with Crippen LogP contribution in [0.25, 0.3) is 0 Å². The minimum atomic E-state index is -0.434. The van der Waals surface area contributed by atoms with Gasteiger partial charge in [0.1, 0.15) is 5.82 Å². The van der Waals surface area contributed by atoms with Crippen LogP contribution < -0.4 is 4.90 Å². The maximum atomic E-state index is 11.3. The van der Waals surface area contributed by atoms with Gasteiger partial charge in [-0.25, -0.2) is 4.98 Å². The summed E-state index contributed by atoms with van der Waals surface area (Å²) in [5, 5.41) is 9.73. The maximum absolute atomic E-state index is 11.3.